The van der Waals surface area contributed by atoms with E-state index in [0.29, 0.717) is 0 Å². The van der Waals surface area contributed by atoms with Gasteiger partial charge in [-0.3, -0.25) is 19.4 Å². The standard InChI is InChI=1S/C22H34N4O2/c1-23(2)21(27)19-7-5-13-25(19)15-17-9-11-18(12-10-17)16-26-14-6-8-20(26)22(28)24(3)4/h9-12,19-20H,5-8,13-16H2,1-4H3/t19-,20+. The second-order valence-electron chi connectivity index (χ2n) is 8.54. The normalized spacial score (nSPS) is 23.1. The van der Waals surface area contributed by atoms with E-state index in [1.54, 1.807) is 9.80 Å². The van der Waals surface area contributed by atoms with Gasteiger partial charge in [-0.25, -0.2) is 0 Å². The van der Waals surface area contributed by atoms with Crippen LogP contribution in [0, 0.1) is 0 Å². The lowest BCUT2D eigenvalue weighted by molar-refractivity contribution is -0.134. The monoisotopic (exact) mass is 386 g/mol. The summed E-state index contributed by atoms with van der Waals surface area (Å²) >= 11 is 0. The molecule has 2 atom stereocenters. The number of likely N-dealkylation sites (tertiary alicyclic amines) is 2. The highest BCUT2D eigenvalue weighted by Crippen LogP contribution is 2.23. The Hall–Kier alpha value is -1.92. The molecule has 154 valence electrons. The number of likely N-dealkylation sites (N-methyl/N-ethyl adjacent to an activating group) is 2. The summed E-state index contributed by atoms with van der Waals surface area (Å²) in [5.41, 5.74) is 2.48. The largest absolute Gasteiger partial charge is 0.347 e. The van der Waals surface area contributed by atoms with Gasteiger partial charge in [0.05, 0.1) is 12.1 Å². The van der Waals surface area contributed by atoms with E-state index in [9.17, 15) is 9.59 Å². The molecule has 28 heavy (non-hydrogen) atoms. The molecule has 0 N–H and O–H groups in total. The minimum atomic E-state index is 0.0112. The van der Waals surface area contributed by atoms with Crippen LogP contribution in [0.3, 0.4) is 0 Å². The molecule has 0 spiro atoms. The number of hydrogen-bond acceptors (Lipinski definition) is 4. The topological polar surface area (TPSA) is 47.1 Å². The number of nitrogens with zero attached hydrogens (tertiary/aromatic N) is 4. The van der Waals surface area contributed by atoms with Gasteiger partial charge in [-0.15, -0.1) is 0 Å². The Labute approximate surface area is 169 Å². The summed E-state index contributed by atoms with van der Waals surface area (Å²) in [7, 11) is 7.33. The van der Waals surface area contributed by atoms with Crippen LogP contribution in [0.4, 0.5) is 0 Å². The molecule has 6 nitrogen and oxygen atoms in total. The number of benzene rings is 1. The highest BCUT2D eigenvalue weighted by Gasteiger charge is 2.32. The van der Waals surface area contributed by atoms with Gasteiger partial charge < -0.3 is 9.80 Å². The third-order valence-corrected chi connectivity index (χ3v) is 5.97. The van der Waals surface area contributed by atoms with Gasteiger partial charge in [0.2, 0.25) is 11.8 Å². The van der Waals surface area contributed by atoms with Gasteiger partial charge >= 0.3 is 0 Å². The van der Waals surface area contributed by atoms with Crippen molar-refractivity contribution in [2.24, 2.45) is 0 Å². The van der Waals surface area contributed by atoms with Crippen molar-refractivity contribution < 1.29 is 9.59 Å². The molecule has 2 saturated heterocycles. The Morgan fingerprint density at radius 3 is 1.46 bits per heavy atom. The number of hydrogen-bond donors (Lipinski definition) is 0. The maximum absolute atomic E-state index is 12.4. The quantitative estimate of drug-likeness (QED) is 0.748. The first-order valence-electron chi connectivity index (χ1n) is 10.3. The lowest BCUT2D eigenvalue weighted by Gasteiger charge is -2.27. The number of carbonyl (C=O) groups excluding carboxylic acids is 2. The van der Waals surface area contributed by atoms with Gasteiger partial charge in [-0.05, 0) is 49.9 Å². The van der Waals surface area contributed by atoms with E-state index < -0.39 is 0 Å². The fourth-order valence-electron chi connectivity index (χ4n) is 4.41. The summed E-state index contributed by atoms with van der Waals surface area (Å²) in [6.07, 6.45) is 4.06. The average Bonchev–Trinajstić information content (AvgIpc) is 3.31. The molecule has 0 saturated carbocycles. The summed E-state index contributed by atoms with van der Waals surface area (Å²) in [6, 6.07) is 8.70. The molecule has 1 aromatic rings. The zero-order valence-corrected chi connectivity index (χ0v) is 17.7. The highest BCUT2D eigenvalue weighted by molar-refractivity contribution is 5.82. The van der Waals surface area contributed by atoms with E-state index in [2.05, 4.69) is 34.1 Å². The van der Waals surface area contributed by atoms with E-state index in [1.165, 1.54) is 11.1 Å². The molecule has 2 aliphatic heterocycles. The Morgan fingerprint density at radius 2 is 1.14 bits per heavy atom. The molecule has 3 rings (SSSR count). The van der Waals surface area contributed by atoms with Gasteiger partial charge in [0, 0.05) is 41.3 Å². The average molecular weight is 387 g/mol. The lowest BCUT2D eigenvalue weighted by Crippen LogP contribution is -2.42. The van der Waals surface area contributed by atoms with E-state index in [0.717, 1.165) is 51.9 Å². The van der Waals surface area contributed by atoms with E-state index >= 15 is 0 Å². The van der Waals surface area contributed by atoms with Crippen LogP contribution in [0.2, 0.25) is 0 Å². The number of rotatable bonds is 6. The molecule has 2 heterocycles. The third kappa shape index (κ3) is 4.73. The Kier molecular flexibility index (Phi) is 6.73. The molecular weight excluding hydrogens is 352 g/mol. The van der Waals surface area contributed by atoms with Crippen molar-refractivity contribution in [3.05, 3.63) is 35.4 Å². The van der Waals surface area contributed by atoms with Crippen molar-refractivity contribution in [3.8, 4) is 0 Å². The number of carbonyl (C=O) groups is 2. The van der Waals surface area contributed by atoms with Gasteiger partial charge in [0.1, 0.15) is 0 Å². The van der Waals surface area contributed by atoms with Gasteiger partial charge in [-0.1, -0.05) is 24.3 Å². The minimum absolute atomic E-state index is 0.0112. The SMILES string of the molecule is CN(C)C(=O)[C@H]1CCCN1Cc1ccc(CN2CCC[C@H]2C(=O)N(C)C)cc1. The molecule has 0 unspecified atom stereocenters. The maximum Gasteiger partial charge on any atom is 0.239 e. The highest BCUT2D eigenvalue weighted by atomic mass is 16.2. The first-order valence-corrected chi connectivity index (χ1v) is 10.3. The molecule has 0 aliphatic carbocycles. The smallest absolute Gasteiger partial charge is 0.239 e. The Balaban J connectivity index is 1.59. The van der Waals surface area contributed by atoms with Crippen molar-refractivity contribution >= 4 is 11.8 Å². The molecule has 2 aliphatic rings. The third-order valence-electron chi connectivity index (χ3n) is 5.97. The molecule has 6 heteroatoms. The molecule has 0 radical (unpaired) electrons. The van der Waals surface area contributed by atoms with Crippen molar-refractivity contribution in [2.75, 3.05) is 41.3 Å². The van der Waals surface area contributed by atoms with Crippen LogP contribution < -0.4 is 0 Å². The summed E-state index contributed by atoms with van der Waals surface area (Å²) in [4.78, 5) is 32.7. The van der Waals surface area contributed by atoms with Crippen LogP contribution in [0.1, 0.15) is 36.8 Å². The van der Waals surface area contributed by atoms with Crippen molar-refractivity contribution in [1.29, 1.82) is 0 Å². The van der Waals surface area contributed by atoms with Crippen LogP contribution in [-0.4, -0.2) is 84.8 Å². The minimum Gasteiger partial charge on any atom is -0.347 e. The fraction of sp³-hybridized carbons (Fsp3) is 0.636. The first kappa shape index (κ1) is 20.8. The summed E-state index contributed by atoms with van der Waals surface area (Å²) in [5, 5.41) is 0. The van der Waals surface area contributed by atoms with Crippen molar-refractivity contribution in [3.63, 3.8) is 0 Å². The molecule has 0 bridgehead atoms. The molecular formula is C22H34N4O2. The van der Waals surface area contributed by atoms with Gasteiger partial charge in [0.25, 0.3) is 0 Å². The predicted molar refractivity (Wildman–Crippen MR) is 111 cm³/mol. The molecule has 0 aromatic heterocycles. The second kappa shape index (κ2) is 9.05. The lowest BCUT2D eigenvalue weighted by atomic mass is 10.1. The van der Waals surface area contributed by atoms with Crippen LogP contribution >= 0.6 is 0 Å². The van der Waals surface area contributed by atoms with E-state index in [1.807, 2.05) is 28.2 Å². The van der Waals surface area contributed by atoms with Crippen LogP contribution in [0.5, 0.6) is 0 Å². The van der Waals surface area contributed by atoms with Crippen LogP contribution in [-0.2, 0) is 22.7 Å². The summed E-state index contributed by atoms with van der Waals surface area (Å²) in [5.74, 6) is 0.416. The number of amides is 2. The summed E-state index contributed by atoms with van der Waals surface area (Å²) in [6.45, 7) is 3.59. The predicted octanol–water partition coefficient (Wildman–Crippen LogP) is 1.79. The van der Waals surface area contributed by atoms with Gasteiger partial charge in [-0.2, -0.15) is 0 Å². The Bertz CT molecular complexity index is 627. The zero-order chi connectivity index (χ0) is 20.3. The summed E-state index contributed by atoms with van der Waals surface area (Å²) < 4.78 is 0. The Morgan fingerprint density at radius 1 is 0.786 bits per heavy atom. The second-order valence-corrected chi connectivity index (χ2v) is 8.54. The maximum atomic E-state index is 12.4. The van der Waals surface area contributed by atoms with Crippen LogP contribution in [0.25, 0.3) is 0 Å². The molecule has 2 fully saturated rings. The fourth-order valence-corrected chi connectivity index (χ4v) is 4.41. The van der Waals surface area contributed by atoms with E-state index in [4.69, 9.17) is 0 Å². The van der Waals surface area contributed by atoms with Crippen molar-refractivity contribution in [2.45, 2.75) is 50.9 Å². The molecule has 2 amide bonds. The van der Waals surface area contributed by atoms with E-state index in [-0.39, 0.29) is 23.9 Å². The first-order chi connectivity index (χ1) is 13.4. The van der Waals surface area contributed by atoms with Gasteiger partial charge in [0.15, 0.2) is 0 Å². The zero-order valence-electron chi connectivity index (χ0n) is 17.7. The molecule has 1 aromatic carbocycles. The van der Waals surface area contributed by atoms with Crippen molar-refractivity contribution in [1.82, 2.24) is 19.6 Å². The van der Waals surface area contributed by atoms with Crippen LogP contribution in [0.15, 0.2) is 24.3 Å².